The summed E-state index contributed by atoms with van der Waals surface area (Å²) in [4.78, 5) is 25.4. The van der Waals surface area contributed by atoms with E-state index in [4.69, 9.17) is 13.9 Å². The lowest BCUT2D eigenvalue weighted by molar-refractivity contribution is -0.0613. The van der Waals surface area contributed by atoms with Crippen LogP contribution >= 0.6 is 0 Å². The Kier molecular flexibility index (Phi) is 5.74. The van der Waals surface area contributed by atoms with Crippen LogP contribution in [0.5, 0.6) is 0 Å². The number of hydrogen-bond acceptors (Lipinski definition) is 6. The third-order valence-electron chi connectivity index (χ3n) is 5.12. The van der Waals surface area contributed by atoms with Crippen molar-refractivity contribution in [2.75, 3.05) is 13.7 Å². The largest absolute Gasteiger partial charge is 0.414 e. The standard InChI is InChI=1S/C16H28N2O6Si/c1-16(2,3)25(5,6)23-9-10-12(20)13(22-4)14(24-10)18-8-7-11(19)17-15(18)21/h7-8,10,12-14,20H,9H2,1-6H3,(H,17,19,21)/t10-,12?,13?,14-/m1/s1. The molecule has 4 atom stereocenters. The summed E-state index contributed by atoms with van der Waals surface area (Å²) in [5.41, 5.74) is -1.11. The molecule has 0 bridgehead atoms. The van der Waals surface area contributed by atoms with Gasteiger partial charge in [0.25, 0.3) is 5.56 Å². The Morgan fingerprint density at radius 1 is 1.36 bits per heavy atom. The molecule has 0 aromatic carbocycles. The number of ether oxygens (including phenoxy) is 2. The normalized spacial score (nSPS) is 27.6. The van der Waals surface area contributed by atoms with Gasteiger partial charge in [0, 0.05) is 19.4 Å². The van der Waals surface area contributed by atoms with Crippen LogP contribution in [-0.2, 0) is 13.9 Å². The van der Waals surface area contributed by atoms with E-state index >= 15 is 0 Å². The number of nitrogens with zero attached hydrogens (tertiary/aromatic N) is 1. The van der Waals surface area contributed by atoms with Gasteiger partial charge in [0.05, 0.1) is 6.61 Å². The Labute approximate surface area is 147 Å². The second-order valence-electron chi connectivity index (χ2n) is 7.84. The topological polar surface area (TPSA) is 103 Å². The van der Waals surface area contributed by atoms with Crippen molar-refractivity contribution < 1.29 is 19.0 Å². The highest BCUT2D eigenvalue weighted by atomic mass is 28.4. The van der Waals surface area contributed by atoms with E-state index < -0.39 is 44.1 Å². The Morgan fingerprint density at radius 3 is 2.52 bits per heavy atom. The predicted octanol–water partition coefficient (Wildman–Crippen LogP) is 0.832. The van der Waals surface area contributed by atoms with Crippen molar-refractivity contribution in [2.24, 2.45) is 0 Å². The van der Waals surface area contributed by atoms with Crippen molar-refractivity contribution in [1.82, 2.24) is 9.55 Å². The van der Waals surface area contributed by atoms with Gasteiger partial charge >= 0.3 is 5.69 Å². The minimum absolute atomic E-state index is 0.0342. The Balaban J connectivity index is 2.18. The lowest BCUT2D eigenvalue weighted by Gasteiger charge is -2.37. The first-order valence-electron chi connectivity index (χ1n) is 8.29. The highest BCUT2D eigenvalue weighted by Crippen LogP contribution is 2.38. The lowest BCUT2D eigenvalue weighted by Crippen LogP contribution is -2.44. The zero-order chi connectivity index (χ0) is 19.0. The number of aliphatic hydroxyl groups excluding tert-OH is 1. The molecule has 1 aliphatic heterocycles. The maximum atomic E-state index is 12.0. The van der Waals surface area contributed by atoms with Gasteiger partial charge in [-0.05, 0) is 18.1 Å². The number of aliphatic hydroxyl groups is 1. The van der Waals surface area contributed by atoms with E-state index in [9.17, 15) is 14.7 Å². The number of rotatable bonds is 5. The van der Waals surface area contributed by atoms with Gasteiger partial charge in [0.1, 0.15) is 18.3 Å². The molecule has 0 aliphatic carbocycles. The summed E-state index contributed by atoms with van der Waals surface area (Å²) in [5.74, 6) is 0. The fourth-order valence-corrected chi connectivity index (χ4v) is 3.48. The first-order valence-corrected chi connectivity index (χ1v) is 11.2. The van der Waals surface area contributed by atoms with Crippen LogP contribution in [0.15, 0.2) is 21.9 Å². The first-order chi connectivity index (χ1) is 11.5. The summed E-state index contributed by atoms with van der Waals surface area (Å²) in [6.07, 6.45) is -1.81. The van der Waals surface area contributed by atoms with Crippen molar-refractivity contribution in [2.45, 2.75) is 63.4 Å². The molecule has 2 rings (SSSR count). The Hall–Kier alpha value is -1.26. The maximum absolute atomic E-state index is 12.0. The molecule has 2 heterocycles. The van der Waals surface area contributed by atoms with Crippen molar-refractivity contribution >= 4 is 8.32 Å². The number of nitrogens with one attached hydrogen (secondary N) is 1. The molecule has 9 heteroatoms. The average molecular weight is 372 g/mol. The Bertz CT molecular complexity index is 708. The van der Waals surface area contributed by atoms with Crippen LogP contribution in [0, 0.1) is 0 Å². The Morgan fingerprint density at radius 2 is 2.00 bits per heavy atom. The van der Waals surface area contributed by atoms with Gasteiger partial charge in [-0.15, -0.1) is 0 Å². The van der Waals surface area contributed by atoms with Crippen LogP contribution < -0.4 is 11.2 Å². The molecule has 142 valence electrons. The molecule has 1 saturated heterocycles. The van der Waals surface area contributed by atoms with Gasteiger partial charge in [-0.1, -0.05) is 20.8 Å². The molecule has 0 amide bonds. The minimum atomic E-state index is -2.00. The molecular formula is C16H28N2O6Si. The molecule has 1 aromatic heterocycles. The van der Waals surface area contributed by atoms with Crippen molar-refractivity contribution in [3.05, 3.63) is 33.1 Å². The molecule has 2 unspecified atom stereocenters. The van der Waals surface area contributed by atoms with Gasteiger partial charge < -0.3 is 19.0 Å². The average Bonchev–Trinajstić information content (AvgIpc) is 2.80. The van der Waals surface area contributed by atoms with E-state index in [1.165, 1.54) is 23.9 Å². The van der Waals surface area contributed by atoms with Crippen LogP contribution in [0.1, 0.15) is 27.0 Å². The van der Waals surface area contributed by atoms with E-state index in [-0.39, 0.29) is 11.6 Å². The molecular weight excluding hydrogens is 344 g/mol. The van der Waals surface area contributed by atoms with E-state index in [0.717, 1.165) is 0 Å². The lowest BCUT2D eigenvalue weighted by atomic mass is 10.1. The van der Waals surface area contributed by atoms with Gasteiger partial charge in [-0.25, -0.2) is 4.79 Å². The molecule has 1 aliphatic rings. The van der Waals surface area contributed by atoms with Crippen LogP contribution in [0.25, 0.3) is 0 Å². The van der Waals surface area contributed by atoms with Crippen LogP contribution in [0.2, 0.25) is 18.1 Å². The smallest absolute Gasteiger partial charge is 0.330 e. The number of H-pyrrole nitrogens is 1. The van der Waals surface area contributed by atoms with E-state index in [1.807, 2.05) is 0 Å². The molecule has 0 saturated carbocycles. The number of methoxy groups -OCH3 is 1. The highest BCUT2D eigenvalue weighted by molar-refractivity contribution is 6.74. The summed E-state index contributed by atoms with van der Waals surface area (Å²) in [7, 11) is -0.559. The second-order valence-corrected chi connectivity index (χ2v) is 12.7. The van der Waals surface area contributed by atoms with Gasteiger partial charge in [0.15, 0.2) is 14.5 Å². The van der Waals surface area contributed by atoms with Gasteiger partial charge in [0.2, 0.25) is 0 Å². The summed E-state index contributed by atoms with van der Waals surface area (Å²) in [6.45, 7) is 10.8. The molecule has 1 fully saturated rings. The SMILES string of the molecule is COC1C(O)[C@@H](CO[Si](C)(C)C(C)(C)C)O[C@H]1n1ccc(=O)[nH]c1=O. The van der Waals surface area contributed by atoms with E-state index in [2.05, 4.69) is 38.8 Å². The van der Waals surface area contributed by atoms with Crippen LogP contribution in [-0.4, -0.2) is 55.0 Å². The monoisotopic (exact) mass is 372 g/mol. The maximum Gasteiger partial charge on any atom is 0.330 e. The van der Waals surface area contributed by atoms with Crippen molar-refractivity contribution in [1.29, 1.82) is 0 Å². The quantitative estimate of drug-likeness (QED) is 0.742. The van der Waals surface area contributed by atoms with E-state index in [1.54, 1.807) is 0 Å². The highest BCUT2D eigenvalue weighted by Gasteiger charge is 2.47. The number of aromatic amines is 1. The number of hydrogen-bond donors (Lipinski definition) is 2. The van der Waals surface area contributed by atoms with Crippen LogP contribution in [0.4, 0.5) is 0 Å². The van der Waals surface area contributed by atoms with E-state index in [0.29, 0.717) is 0 Å². The number of aromatic nitrogens is 2. The van der Waals surface area contributed by atoms with Gasteiger partial charge in [-0.3, -0.25) is 14.3 Å². The second kappa shape index (κ2) is 7.16. The van der Waals surface area contributed by atoms with Crippen LogP contribution in [0.3, 0.4) is 0 Å². The molecule has 1 aromatic rings. The minimum Gasteiger partial charge on any atom is -0.414 e. The zero-order valence-electron chi connectivity index (χ0n) is 15.6. The third kappa shape index (κ3) is 4.12. The fraction of sp³-hybridized carbons (Fsp3) is 0.750. The van der Waals surface area contributed by atoms with Crippen molar-refractivity contribution in [3.63, 3.8) is 0 Å². The third-order valence-corrected chi connectivity index (χ3v) is 9.63. The summed E-state index contributed by atoms with van der Waals surface area (Å²) in [5, 5.41) is 10.6. The first kappa shape index (κ1) is 20.1. The summed E-state index contributed by atoms with van der Waals surface area (Å²) < 4.78 is 18.5. The molecule has 2 N–H and O–H groups in total. The summed E-state index contributed by atoms with van der Waals surface area (Å²) in [6, 6.07) is 1.23. The van der Waals surface area contributed by atoms with Crippen molar-refractivity contribution in [3.8, 4) is 0 Å². The molecule has 0 radical (unpaired) electrons. The summed E-state index contributed by atoms with van der Waals surface area (Å²) >= 11 is 0. The molecule has 0 spiro atoms. The fourth-order valence-electron chi connectivity index (χ4n) is 2.47. The molecule has 8 nitrogen and oxygen atoms in total. The zero-order valence-corrected chi connectivity index (χ0v) is 16.6. The molecule has 25 heavy (non-hydrogen) atoms. The van der Waals surface area contributed by atoms with Gasteiger partial charge in [-0.2, -0.15) is 0 Å². The predicted molar refractivity (Wildman–Crippen MR) is 95.2 cm³/mol.